The molecule has 6 heteroatoms. The van der Waals surface area contributed by atoms with Crippen molar-refractivity contribution >= 4 is 11.6 Å². The van der Waals surface area contributed by atoms with E-state index in [2.05, 4.69) is 5.32 Å². The van der Waals surface area contributed by atoms with Crippen molar-refractivity contribution in [2.24, 2.45) is 0 Å². The van der Waals surface area contributed by atoms with Gasteiger partial charge in [0.15, 0.2) is 23.0 Å². The molecule has 0 radical (unpaired) electrons. The van der Waals surface area contributed by atoms with Crippen LogP contribution in [-0.2, 0) is 13.0 Å². The summed E-state index contributed by atoms with van der Waals surface area (Å²) >= 11 is 6.02. The van der Waals surface area contributed by atoms with Gasteiger partial charge in [-0.1, -0.05) is 23.7 Å². The topological polar surface area (TPSA) is 60.0 Å². The standard InChI is InChI=1S/C18H20ClNO4/c1-22-15-5-3-4-12-8-13(10-24-18(12)15)20-9-11-6-14(19)17(21)16(7-11)23-2/h3-7,13,20-21H,8-10H2,1-2H3/t13-/m0/s1. The molecule has 0 bridgehead atoms. The average Bonchev–Trinajstić information content (AvgIpc) is 2.61. The molecule has 0 amide bonds. The van der Waals surface area contributed by atoms with Gasteiger partial charge in [0.1, 0.15) is 6.61 Å². The molecule has 5 nitrogen and oxygen atoms in total. The predicted octanol–water partition coefficient (Wildman–Crippen LogP) is 3.16. The van der Waals surface area contributed by atoms with E-state index < -0.39 is 0 Å². The van der Waals surface area contributed by atoms with Gasteiger partial charge in [-0.2, -0.15) is 0 Å². The van der Waals surface area contributed by atoms with Crippen molar-refractivity contribution in [3.05, 3.63) is 46.5 Å². The molecule has 2 N–H and O–H groups in total. The largest absolute Gasteiger partial charge is 0.503 e. The molecule has 0 aromatic heterocycles. The second-order valence-corrected chi connectivity index (χ2v) is 6.08. The number of fused-ring (bicyclic) bond motifs is 1. The summed E-state index contributed by atoms with van der Waals surface area (Å²) in [5, 5.41) is 13.5. The number of halogens is 1. The van der Waals surface area contributed by atoms with Crippen molar-refractivity contribution in [2.75, 3.05) is 20.8 Å². The van der Waals surface area contributed by atoms with Gasteiger partial charge in [-0.15, -0.1) is 0 Å². The molecule has 1 aliphatic heterocycles. The number of benzene rings is 2. The van der Waals surface area contributed by atoms with Crippen LogP contribution < -0.4 is 19.5 Å². The predicted molar refractivity (Wildman–Crippen MR) is 92.5 cm³/mol. The molecule has 0 aliphatic carbocycles. The van der Waals surface area contributed by atoms with Crippen LogP contribution in [0.5, 0.6) is 23.0 Å². The van der Waals surface area contributed by atoms with Crippen LogP contribution in [-0.4, -0.2) is 32.0 Å². The van der Waals surface area contributed by atoms with E-state index in [-0.39, 0.29) is 16.8 Å². The summed E-state index contributed by atoms with van der Waals surface area (Å²) in [4.78, 5) is 0. The molecule has 3 rings (SSSR count). The first-order chi connectivity index (χ1) is 11.6. The number of methoxy groups -OCH3 is 2. The van der Waals surface area contributed by atoms with Gasteiger partial charge in [0, 0.05) is 12.6 Å². The Morgan fingerprint density at radius 3 is 2.79 bits per heavy atom. The number of nitrogens with one attached hydrogen (secondary N) is 1. The third-order valence-corrected chi connectivity index (χ3v) is 4.37. The van der Waals surface area contributed by atoms with Crippen molar-refractivity contribution < 1.29 is 19.3 Å². The first-order valence-corrected chi connectivity index (χ1v) is 8.07. The van der Waals surface area contributed by atoms with Crippen molar-refractivity contribution in [3.63, 3.8) is 0 Å². The van der Waals surface area contributed by atoms with E-state index in [1.54, 1.807) is 19.2 Å². The van der Waals surface area contributed by atoms with Crippen LogP contribution in [0.25, 0.3) is 0 Å². The van der Waals surface area contributed by atoms with E-state index in [0.717, 1.165) is 29.0 Å². The van der Waals surface area contributed by atoms with Gasteiger partial charge in [0.05, 0.1) is 19.2 Å². The summed E-state index contributed by atoms with van der Waals surface area (Å²) in [6.45, 7) is 1.17. The van der Waals surface area contributed by atoms with E-state index in [1.165, 1.54) is 7.11 Å². The van der Waals surface area contributed by atoms with E-state index in [0.29, 0.717) is 18.9 Å². The smallest absolute Gasteiger partial charge is 0.176 e. The quantitative estimate of drug-likeness (QED) is 0.868. The second kappa shape index (κ2) is 7.20. The molecule has 128 valence electrons. The summed E-state index contributed by atoms with van der Waals surface area (Å²) in [7, 11) is 3.15. The lowest BCUT2D eigenvalue weighted by atomic mass is 10.0. The minimum absolute atomic E-state index is 0.0371. The third kappa shape index (κ3) is 3.37. The fourth-order valence-corrected chi connectivity index (χ4v) is 3.07. The summed E-state index contributed by atoms with van der Waals surface area (Å²) in [6.07, 6.45) is 0.857. The number of phenols is 1. The molecule has 2 aromatic rings. The minimum atomic E-state index is -0.0371. The highest BCUT2D eigenvalue weighted by atomic mass is 35.5. The van der Waals surface area contributed by atoms with Crippen LogP contribution in [0.4, 0.5) is 0 Å². The average molecular weight is 350 g/mol. The molecule has 1 aliphatic rings. The number of rotatable bonds is 5. The Bertz CT molecular complexity index is 735. The summed E-state index contributed by atoms with van der Waals surface area (Å²) < 4.78 is 16.3. The zero-order valence-electron chi connectivity index (χ0n) is 13.6. The Hall–Kier alpha value is -2.11. The highest BCUT2D eigenvalue weighted by molar-refractivity contribution is 6.32. The monoisotopic (exact) mass is 349 g/mol. The zero-order chi connectivity index (χ0) is 17.1. The van der Waals surface area contributed by atoms with Crippen molar-refractivity contribution in [3.8, 4) is 23.0 Å². The fourth-order valence-electron chi connectivity index (χ4n) is 2.83. The third-order valence-electron chi connectivity index (χ3n) is 4.08. The van der Waals surface area contributed by atoms with E-state index in [9.17, 15) is 5.11 Å². The molecular formula is C18H20ClNO4. The SMILES string of the molecule is COc1cc(CN[C@@H]2COc3c(cccc3OC)C2)cc(Cl)c1O. The van der Waals surface area contributed by atoms with Crippen LogP contribution in [0.3, 0.4) is 0 Å². The Morgan fingerprint density at radius 1 is 1.25 bits per heavy atom. The molecule has 1 atom stereocenters. The maximum atomic E-state index is 9.79. The summed E-state index contributed by atoms with van der Waals surface area (Å²) in [5.74, 6) is 1.92. The summed E-state index contributed by atoms with van der Waals surface area (Å²) in [5.41, 5.74) is 2.06. The van der Waals surface area contributed by atoms with Crippen LogP contribution >= 0.6 is 11.6 Å². The number of aromatic hydroxyl groups is 1. The Morgan fingerprint density at radius 2 is 2.04 bits per heavy atom. The first kappa shape index (κ1) is 16.7. The zero-order valence-corrected chi connectivity index (χ0v) is 14.4. The van der Waals surface area contributed by atoms with Crippen molar-refractivity contribution in [2.45, 2.75) is 19.0 Å². The van der Waals surface area contributed by atoms with E-state index >= 15 is 0 Å². The fraction of sp³-hybridized carbons (Fsp3) is 0.333. The van der Waals surface area contributed by atoms with Crippen molar-refractivity contribution in [1.29, 1.82) is 0 Å². The molecule has 0 spiro atoms. The number of phenolic OH excluding ortho intramolecular Hbond substituents is 1. The second-order valence-electron chi connectivity index (χ2n) is 5.67. The van der Waals surface area contributed by atoms with Crippen molar-refractivity contribution in [1.82, 2.24) is 5.32 Å². The number of para-hydroxylation sites is 1. The van der Waals surface area contributed by atoms with Crippen LogP contribution in [0.2, 0.25) is 5.02 Å². The molecular weight excluding hydrogens is 330 g/mol. The lowest BCUT2D eigenvalue weighted by molar-refractivity contribution is 0.226. The van der Waals surface area contributed by atoms with Crippen LogP contribution in [0.15, 0.2) is 30.3 Å². The van der Waals surface area contributed by atoms with Gasteiger partial charge in [-0.05, 0) is 35.7 Å². The maximum absolute atomic E-state index is 9.79. The first-order valence-electron chi connectivity index (χ1n) is 7.69. The van der Waals surface area contributed by atoms with Gasteiger partial charge >= 0.3 is 0 Å². The summed E-state index contributed by atoms with van der Waals surface area (Å²) in [6, 6.07) is 9.60. The Balaban J connectivity index is 1.67. The maximum Gasteiger partial charge on any atom is 0.176 e. The molecule has 0 unspecified atom stereocenters. The Labute approximate surface area is 146 Å². The molecule has 1 heterocycles. The van der Waals surface area contributed by atoms with Gasteiger partial charge < -0.3 is 24.6 Å². The van der Waals surface area contributed by atoms with E-state index in [1.807, 2.05) is 18.2 Å². The minimum Gasteiger partial charge on any atom is -0.503 e. The molecule has 24 heavy (non-hydrogen) atoms. The highest BCUT2D eigenvalue weighted by Gasteiger charge is 2.22. The van der Waals surface area contributed by atoms with Gasteiger partial charge in [0.2, 0.25) is 0 Å². The molecule has 0 saturated heterocycles. The number of hydrogen-bond acceptors (Lipinski definition) is 5. The van der Waals surface area contributed by atoms with Crippen LogP contribution in [0.1, 0.15) is 11.1 Å². The lowest BCUT2D eigenvalue weighted by Crippen LogP contribution is -2.38. The van der Waals surface area contributed by atoms with Crippen LogP contribution in [0, 0.1) is 0 Å². The molecule has 0 fully saturated rings. The molecule has 0 saturated carbocycles. The lowest BCUT2D eigenvalue weighted by Gasteiger charge is -2.27. The number of ether oxygens (including phenoxy) is 3. The Kier molecular flexibility index (Phi) is 5.02. The van der Waals surface area contributed by atoms with Gasteiger partial charge in [-0.3, -0.25) is 0 Å². The van der Waals surface area contributed by atoms with E-state index in [4.69, 9.17) is 25.8 Å². The number of hydrogen-bond donors (Lipinski definition) is 2. The van der Waals surface area contributed by atoms with Gasteiger partial charge in [-0.25, -0.2) is 0 Å². The highest BCUT2D eigenvalue weighted by Crippen LogP contribution is 2.36. The van der Waals surface area contributed by atoms with Gasteiger partial charge in [0.25, 0.3) is 0 Å². The normalized spacial score (nSPS) is 16.2. The molecule has 2 aromatic carbocycles.